The number of aromatic nitrogens is 5. The summed E-state index contributed by atoms with van der Waals surface area (Å²) in [4.78, 5) is 8.81. The molecule has 0 fully saturated rings. The van der Waals surface area contributed by atoms with E-state index in [-0.39, 0.29) is 0 Å². The van der Waals surface area contributed by atoms with E-state index < -0.39 is 0 Å². The number of hydrogen-bond donors (Lipinski definition) is 1. The molecule has 4 rings (SSSR count). The van der Waals surface area contributed by atoms with E-state index >= 15 is 0 Å². The molecule has 0 radical (unpaired) electrons. The van der Waals surface area contributed by atoms with Crippen LogP contribution in [0.25, 0.3) is 11.4 Å². The summed E-state index contributed by atoms with van der Waals surface area (Å²) in [6, 6.07) is 12.2. The van der Waals surface area contributed by atoms with Crippen molar-refractivity contribution in [3.05, 3.63) is 65.4 Å². The topological polar surface area (TPSA) is 68.5 Å². The molecule has 0 spiro atoms. The number of thiazole rings is 1. The van der Waals surface area contributed by atoms with Crippen molar-refractivity contribution >= 4 is 33.9 Å². The van der Waals surface area contributed by atoms with Gasteiger partial charge >= 0.3 is 0 Å². The highest BCUT2D eigenvalue weighted by Gasteiger charge is 2.14. The van der Waals surface area contributed by atoms with E-state index in [9.17, 15) is 0 Å². The van der Waals surface area contributed by atoms with Gasteiger partial charge in [0.05, 0.1) is 5.69 Å². The Kier molecular flexibility index (Phi) is 6.21. The average Bonchev–Trinajstić information content (AvgIpc) is 3.36. The lowest BCUT2D eigenvalue weighted by molar-refractivity contribution is 0.626. The van der Waals surface area contributed by atoms with Gasteiger partial charge in [0.25, 0.3) is 0 Å². The molecule has 3 heterocycles. The molecule has 8 heteroatoms. The quantitative estimate of drug-likeness (QED) is 0.375. The molecule has 4 aromatic rings. The second-order valence-corrected chi connectivity index (χ2v) is 8.37. The Morgan fingerprint density at radius 2 is 1.93 bits per heavy atom. The van der Waals surface area contributed by atoms with Crippen LogP contribution in [0, 0.1) is 6.92 Å². The van der Waals surface area contributed by atoms with Crippen molar-refractivity contribution in [3.8, 4) is 11.4 Å². The molecule has 0 aliphatic heterocycles. The standard InChI is InChI=1S/C21H22N6S2/c1-3-12-27-19(16-8-10-22-11-9-16)25-26-21(27)29-14-17-13-28-20(23-17)24-18-7-5-4-6-15(18)2/h4-11,13H,3,12,14H2,1-2H3,(H,23,24). The summed E-state index contributed by atoms with van der Waals surface area (Å²) in [7, 11) is 0. The number of pyridine rings is 1. The van der Waals surface area contributed by atoms with Gasteiger partial charge in [-0.3, -0.25) is 4.98 Å². The number of aryl methyl sites for hydroxylation is 1. The first kappa shape index (κ1) is 19.6. The van der Waals surface area contributed by atoms with Crippen LogP contribution in [-0.4, -0.2) is 24.7 Å². The van der Waals surface area contributed by atoms with Gasteiger partial charge in [-0.1, -0.05) is 36.9 Å². The second kappa shape index (κ2) is 9.19. The van der Waals surface area contributed by atoms with Crippen LogP contribution in [0.2, 0.25) is 0 Å². The maximum atomic E-state index is 4.72. The molecule has 3 aromatic heterocycles. The fourth-order valence-corrected chi connectivity index (χ4v) is 4.62. The molecule has 0 bridgehead atoms. The van der Waals surface area contributed by atoms with Crippen LogP contribution < -0.4 is 5.32 Å². The fraction of sp³-hybridized carbons (Fsp3) is 0.238. The third kappa shape index (κ3) is 4.65. The fourth-order valence-electron chi connectivity index (χ4n) is 2.93. The molecule has 148 valence electrons. The molecule has 1 aromatic carbocycles. The maximum Gasteiger partial charge on any atom is 0.191 e. The molecule has 6 nitrogen and oxygen atoms in total. The van der Waals surface area contributed by atoms with E-state index in [1.807, 2.05) is 24.3 Å². The molecule has 0 atom stereocenters. The molecular weight excluding hydrogens is 400 g/mol. The predicted molar refractivity (Wildman–Crippen MR) is 120 cm³/mol. The lowest BCUT2D eigenvalue weighted by Gasteiger charge is -2.08. The highest BCUT2D eigenvalue weighted by atomic mass is 32.2. The lowest BCUT2D eigenvalue weighted by atomic mass is 10.2. The molecule has 1 N–H and O–H groups in total. The van der Waals surface area contributed by atoms with Gasteiger partial charge in [-0.05, 0) is 37.1 Å². The molecule has 0 unspecified atom stereocenters. The second-order valence-electron chi connectivity index (χ2n) is 6.57. The first-order valence-corrected chi connectivity index (χ1v) is 11.3. The van der Waals surface area contributed by atoms with Crippen LogP contribution in [0.5, 0.6) is 0 Å². The van der Waals surface area contributed by atoms with E-state index in [1.165, 1.54) is 5.56 Å². The number of para-hydroxylation sites is 1. The number of anilines is 2. The average molecular weight is 423 g/mol. The first-order chi connectivity index (χ1) is 14.2. The summed E-state index contributed by atoms with van der Waals surface area (Å²) in [6.07, 6.45) is 4.58. The van der Waals surface area contributed by atoms with Crippen molar-refractivity contribution in [2.24, 2.45) is 0 Å². The first-order valence-electron chi connectivity index (χ1n) is 9.48. The highest BCUT2D eigenvalue weighted by Crippen LogP contribution is 2.29. The smallest absolute Gasteiger partial charge is 0.191 e. The molecular formula is C21H22N6S2. The van der Waals surface area contributed by atoms with Gasteiger partial charge in [0, 0.05) is 41.3 Å². The van der Waals surface area contributed by atoms with Crippen molar-refractivity contribution in [2.45, 2.75) is 37.7 Å². The van der Waals surface area contributed by atoms with Crippen LogP contribution >= 0.6 is 23.1 Å². The molecule has 29 heavy (non-hydrogen) atoms. The van der Waals surface area contributed by atoms with Crippen LogP contribution in [0.4, 0.5) is 10.8 Å². The summed E-state index contributed by atoms with van der Waals surface area (Å²) in [5.41, 5.74) is 4.36. The van der Waals surface area contributed by atoms with Crippen LogP contribution in [0.1, 0.15) is 24.6 Å². The monoisotopic (exact) mass is 422 g/mol. The predicted octanol–water partition coefficient (Wildman–Crippen LogP) is 5.55. The van der Waals surface area contributed by atoms with E-state index in [0.29, 0.717) is 0 Å². The lowest BCUT2D eigenvalue weighted by Crippen LogP contribution is -2.02. The van der Waals surface area contributed by atoms with E-state index in [1.54, 1.807) is 35.5 Å². The third-order valence-electron chi connectivity index (χ3n) is 4.39. The van der Waals surface area contributed by atoms with Gasteiger partial charge in [-0.15, -0.1) is 21.5 Å². The van der Waals surface area contributed by atoms with Gasteiger partial charge < -0.3 is 9.88 Å². The van der Waals surface area contributed by atoms with Crippen molar-refractivity contribution < 1.29 is 0 Å². The van der Waals surface area contributed by atoms with Gasteiger partial charge in [0.2, 0.25) is 0 Å². The van der Waals surface area contributed by atoms with Crippen LogP contribution in [0.3, 0.4) is 0 Å². The molecule has 0 aliphatic carbocycles. The summed E-state index contributed by atoms with van der Waals surface area (Å²) in [5.74, 6) is 1.64. The minimum Gasteiger partial charge on any atom is -0.331 e. The van der Waals surface area contributed by atoms with Gasteiger partial charge in [0.1, 0.15) is 0 Å². The highest BCUT2D eigenvalue weighted by molar-refractivity contribution is 7.98. The molecule has 0 amide bonds. The largest absolute Gasteiger partial charge is 0.331 e. The number of hydrogen-bond acceptors (Lipinski definition) is 7. The zero-order chi connectivity index (χ0) is 20.1. The van der Waals surface area contributed by atoms with Gasteiger partial charge in [0.15, 0.2) is 16.1 Å². The van der Waals surface area contributed by atoms with E-state index in [4.69, 9.17) is 4.98 Å². The SMILES string of the molecule is CCCn1c(SCc2csc(Nc3ccccc3C)n2)nnc1-c1ccncc1. The Labute approximate surface area is 178 Å². The minimum atomic E-state index is 0.754. The Morgan fingerprint density at radius 3 is 2.72 bits per heavy atom. The van der Waals surface area contributed by atoms with Crippen molar-refractivity contribution in [1.82, 2.24) is 24.7 Å². The number of nitrogens with zero attached hydrogens (tertiary/aromatic N) is 5. The molecule has 0 saturated carbocycles. The van der Waals surface area contributed by atoms with Crippen molar-refractivity contribution in [2.75, 3.05) is 5.32 Å². The Morgan fingerprint density at radius 1 is 1.10 bits per heavy atom. The van der Waals surface area contributed by atoms with E-state index in [0.717, 1.165) is 51.8 Å². The summed E-state index contributed by atoms with van der Waals surface area (Å²) in [5, 5.41) is 16.2. The maximum absolute atomic E-state index is 4.72. The Balaban J connectivity index is 1.46. The van der Waals surface area contributed by atoms with Crippen LogP contribution in [-0.2, 0) is 12.3 Å². The van der Waals surface area contributed by atoms with E-state index in [2.05, 4.69) is 56.4 Å². The van der Waals surface area contributed by atoms with Gasteiger partial charge in [-0.25, -0.2) is 4.98 Å². The van der Waals surface area contributed by atoms with Gasteiger partial charge in [-0.2, -0.15) is 0 Å². The summed E-state index contributed by atoms with van der Waals surface area (Å²) in [6.45, 7) is 5.13. The Hall–Kier alpha value is -2.71. The third-order valence-corrected chi connectivity index (χ3v) is 6.20. The summed E-state index contributed by atoms with van der Waals surface area (Å²) < 4.78 is 2.18. The van der Waals surface area contributed by atoms with Crippen molar-refractivity contribution in [3.63, 3.8) is 0 Å². The number of rotatable bonds is 8. The number of thioether (sulfide) groups is 1. The van der Waals surface area contributed by atoms with Crippen molar-refractivity contribution in [1.29, 1.82) is 0 Å². The normalized spacial score (nSPS) is 11.0. The van der Waals surface area contributed by atoms with Crippen LogP contribution in [0.15, 0.2) is 59.3 Å². The molecule has 0 saturated heterocycles. The Bertz CT molecular complexity index is 1070. The molecule has 0 aliphatic rings. The number of nitrogens with one attached hydrogen (secondary N) is 1. The zero-order valence-corrected chi connectivity index (χ0v) is 18.0. The minimum absolute atomic E-state index is 0.754. The number of benzene rings is 1. The zero-order valence-electron chi connectivity index (χ0n) is 16.4. The summed E-state index contributed by atoms with van der Waals surface area (Å²) >= 11 is 3.29.